The first-order valence-corrected chi connectivity index (χ1v) is 6.13. The molecule has 0 fully saturated rings. The van der Waals surface area contributed by atoms with Gasteiger partial charge in [-0.3, -0.25) is 4.79 Å². The Morgan fingerprint density at radius 1 is 1.33 bits per heavy atom. The molecule has 5 nitrogen and oxygen atoms in total. The molecule has 0 radical (unpaired) electrons. The smallest absolute Gasteiger partial charge is 0.260 e. The van der Waals surface area contributed by atoms with Crippen LogP contribution in [0.5, 0.6) is 0 Å². The van der Waals surface area contributed by atoms with Crippen LogP contribution in [0.2, 0.25) is 0 Å². The van der Waals surface area contributed by atoms with Gasteiger partial charge in [-0.15, -0.1) is 0 Å². The lowest BCUT2D eigenvalue weighted by molar-refractivity contribution is -0.255. The second kappa shape index (κ2) is 5.50. The highest BCUT2D eigenvalue weighted by molar-refractivity contribution is 7.98. The van der Waals surface area contributed by atoms with Crippen molar-refractivity contribution in [2.75, 3.05) is 0 Å². The zero-order chi connectivity index (χ0) is 13.0. The lowest BCUT2D eigenvalue weighted by Gasteiger charge is -2.03. The molecular formula is C12H9N2O3S-. The Hall–Kier alpha value is -2.08. The van der Waals surface area contributed by atoms with Crippen molar-refractivity contribution in [3.63, 3.8) is 0 Å². The second-order valence-corrected chi connectivity index (χ2v) is 4.46. The molecule has 2 rings (SSSR count). The average Bonchev–Trinajstić information content (AvgIpc) is 2.37. The summed E-state index contributed by atoms with van der Waals surface area (Å²) < 4.78 is 0. The number of carboxylic acids is 1. The molecule has 1 aromatic heterocycles. The quantitative estimate of drug-likeness (QED) is 0.637. The predicted octanol–water partition coefficient (Wildman–Crippen LogP) is 0.426. The van der Waals surface area contributed by atoms with Crippen molar-refractivity contribution >= 4 is 17.7 Å². The van der Waals surface area contributed by atoms with E-state index in [4.69, 9.17) is 0 Å². The number of nitrogens with one attached hydrogen (secondary N) is 1. The number of H-pyrrole nitrogens is 1. The van der Waals surface area contributed by atoms with Crippen LogP contribution in [0.25, 0.3) is 0 Å². The Kier molecular flexibility index (Phi) is 3.78. The summed E-state index contributed by atoms with van der Waals surface area (Å²) in [6.45, 7) is 0. The molecule has 0 atom stereocenters. The third kappa shape index (κ3) is 2.98. The fourth-order valence-corrected chi connectivity index (χ4v) is 2.11. The molecule has 92 valence electrons. The van der Waals surface area contributed by atoms with Gasteiger partial charge in [-0.2, -0.15) is 0 Å². The molecule has 0 saturated carbocycles. The molecule has 0 saturated heterocycles. The van der Waals surface area contributed by atoms with Gasteiger partial charge in [0, 0.05) is 11.9 Å². The van der Waals surface area contributed by atoms with Crippen LogP contribution in [0.15, 0.2) is 46.5 Å². The highest BCUT2D eigenvalue weighted by Gasteiger charge is 2.04. The van der Waals surface area contributed by atoms with Crippen LogP contribution in [-0.2, 0) is 5.75 Å². The summed E-state index contributed by atoms with van der Waals surface area (Å²) in [4.78, 5) is 28.2. The first-order chi connectivity index (χ1) is 8.66. The van der Waals surface area contributed by atoms with Gasteiger partial charge in [0.1, 0.15) is 0 Å². The number of hydrogen-bond donors (Lipinski definition) is 1. The maximum Gasteiger partial charge on any atom is 0.260 e. The molecule has 0 aliphatic carbocycles. The molecule has 18 heavy (non-hydrogen) atoms. The monoisotopic (exact) mass is 261 g/mol. The van der Waals surface area contributed by atoms with Crippen molar-refractivity contribution in [3.05, 3.63) is 58.0 Å². The Morgan fingerprint density at radius 3 is 2.67 bits per heavy atom. The molecule has 0 amide bonds. The van der Waals surface area contributed by atoms with Gasteiger partial charge < -0.3 is 14.9 Å². The van der Waals surface area contributed by atoms with Gasteiger partial charge in [-0.1, -0.05) is 42.1 Å². The standard InChI is InChI=1S/C12H10N2O3S/c15-10-9(11(16)17)6-13-12(14-10)18-7-8-4-2-1-3-5-8/h1-6H,7H2,(H,16,17)(H,13,14,15)/p-1. The van der Waals surface area contributed by atoms with Gasteiger partial charge in [-0.05, 0) is 5.56 Å². The van der Waals surface area contributed by atoms with Crippen LogP contribution >= 0.6 is 11.8 Å². The lowest BCUT2D eigenvalue weighted by atomic mass is 10.2. The number of aromatic nitrogens is 2. The Labute approximate surface area is 107 Å². The fraction of sp³-hybridized carbons (Fsp3) is 0.0833. The van der Waals surface area contributed by atoms with E-state index in [-0.39, 0.29) is 0 Å². The van der Waals surface area contributed by atoms with Crippen molar-refractivity contribution in [1.82, 2.24) is 9.97 Å². The normalized spacial score (nSPS) is 10.2. The third-order valence-corrected chi connectivity index (χ3v) is 3.17. The topological polar surface area (TPSA) is 85.9 Å². The number of benzene rings is 1. The molecule has 0 unspecified atom stereocenters. The number of thioether (sulfide) groups is 1. The maximum atomic E-state index is 11.4. The zero-order valence-electron chi connectivity index (χ0n) is 9.25. The Balaban J connectivity index is 2.09. The summed E-state index contributed by atoms with van der Waals surface area (Å²) in [6.07, 6.45) is 1.02. The molecule has 1 aromatic carbocycles. The summed E-state index contributed by atoms with van der Waals surface area (Å²) in [5.41, 5.74) is -0.0613. The van der Waals surface area contributed by atoms with Crippen molar-refractivity contribution in [2.24, 2.45) is 0 Å². The van der Waals surface area contributed by atoms with Gasteiger partial charge in [0.15, 0.2) is 5.16 Å². The number of aromatic amines is 1. The van der Waals surface area contributed by atoms with Crippen molar-refractivity contribution in [1.29, 1.82) is 0 Å². The molecular weight excluding hydrogens is 252 g/mol. The van der Waals surface area contributed by atoms with Crippen molar-refractivity contribution in [2.45, 2.75) is 10.9 Å². The summed E-state index contributed by atoms with van der Waals surface area (Å²) >= 11 is 1.33. The zero-order valence-corrected chi connectivity index (χ0v) is 10.1. The summed E-state index contributed by atoms with van der Waals surface area (Å²) in [7, 11) is 0. The van der Waals surface area contributed by atoms with Crippen LogP contribution in [-0.4, -0.2) is 15.9 Å². The van der Waals surface area contributed by atoms with E-state index in [2.05, 4.69) is 9.97 Å². The van der Waals surface area contributed by atoms with Crippen LogP contribution in [0.1, 0.15) is 15.9 Å². The minimum Gasteiger partial charge on any atom is -0.545 e. The molecule has 1 N–H and O–H groups in total. The van der Waals surface area contributed by atoms with Crippen molar-refractivity contribution in [3.8, 4) is 0 Å². The number of aromatic carboxylic acids is 1. The number of hydrogen-bond acceptors (Lipinski definition) is 5. The van der Waals surface area contributed by atoms with Crippen LogP contribution in [0.3, 0.4) is 0 Å². The summed E-state index contributed by atoms with van der Waals surface area (Å²) in [5, 5.41) is 10.9. The van der Waals surface area contributed by atoms with Crippen LogP contribution < -0.4 is 10.7 Å². The Bertz CT molecular complexity index is 610. The van der Waals surface area contributed by atoms with Crippen molar-refractivity contribution < 1.29 is 9.90 Å². The van der Waals surface area contributed by atoms with E-state index in [1.54, 1.807) is 0 Å². The summed E-state index contributed by atoms with van der Waals surface area (Å²) in [6, 6.07) is 9.68. The van der Waals surface area contributed by atoms with E-state index < -0.39 is 17.1 Å². The number of carbonyl (C=O) groups excluding carboxylic acids is 1. The minimum absolute atomic E-state index is 0.383. The number of carbonyl (C=O) groups is 1. The maximum absolute atomic E-state index is 11.4. The first kappa shape index (κ1) is 12.4. The SMILES string of the molecule is O=C([O-])c1cnc(SCc2ccccc2)[nH]c1=O. The average molecular weight is 261 g/mol. The van der Waals surface area contributed by atoms with Gasteiger partial charge in [-0.25, -0.2) is 4.98 Å². The molecule has 2 aromatic rings. The van der Waals surface area contributed by atoms with Crippen LogP contribution in [0, 0.1) is 0 Å². The van der Waals surface area contributed by atoms with Gasteiger partial charge in [0.25, 0.3) is 5.56 Å². The minimum atomic E-state index is -1.52. The number of nitrogens with zero attached hydrogens (tertiary/aromatic N) is 1. The molecule has 0 bridgehead atoms. The van der Waals surface area contributed by atoms with E-state index in [0.29, 0.717) is 10.9 Å². The summed E-state index contributed by atoms with van der Waals surface area (Å²) in [5.74, 6) is -0.877. The van der Waals surface area contributed by atoms with Gasteiger partial charge >= 0.3 is 0 Å². The predicted molar refractivity (Wildman–Crippen MR) is 65.2 cm³/mol. The van der Waals surface area contributed by atoms with E-state index in [0.717, 1.165) is 11.8 Å². The van der Waals surface area contributed by atoms with E-state index >= 15 is 0 Å². The number of carboxylic acid groups (broad SMARTS) is 1. The molecule has 0 aliphatic heterocycles. The van der Waals surface area contributed by atoms with E-state index in [1.165, 1.54) is 11.8 Å². The fourth-order valence-electron chi connectivity index (χ4n) is 1.32. The first-order valence-electron chi connectivity index (χ1n) is 5.14. The van der Waals surface area contributed by atoms with E-state index in [9.17, 15) is 14.7 Å². The second-order valence-electron chi connectivity index (χ2n) is 3.49. The highest BCUT2D eigenvalue weighted by atomic mass is 32.2. The third-order valence-electron chi connectivity index (χ3n) is 2.21. The molecule has 0 spiro atoms. The number of rotatable bonds is 4. The molecule has 1 heterocycles. The molecule has 0 aliphatic rings. The highest BCUT2D eigenvalue weighted by Crippen LogP contribution is 2.17. The largest absolute Gasteiger partial charge is 0.545 e. The Morgan fingerprint density at radius 2 is 2.06 bits per heavy atom. The lowest BCUT2D eigenvalue weighted by Crippen LogP contribution is -2.30. The van der Waals surface area contributed by atoms with Gasteiger partial charge in [0.05, 0.1) is 11.5 Å². The van der Waals surface area contributed by atoms with E-state index in [1.807, 2.05) is 30.3 Å². The van der Waals surface area contributed by atoms with Gasteiger partial charge in [0.2, 0.25) is 0 Å². The van der Waals surface area contributed by atoms with Crippen LogP contribution in [0.4, 0.5) is 0 Å². The molecule has 6 heteroatoms.